The van der Waals surface area contributed by atoms with E-state index in [1.807, 2.05) is 0 Å². The molecule has 0 amide bonds. The fourth-order valence-corrected chi connectivity index (χ4v) is 2.20. The Hall–Kier alpha value is -2.02. The van der Waals surface area contributed by atoms with E-state index >= 15 is 0 Å². The molecule has 0 aliphatic carbocycles. The van der Waals surface area contributed by atoms with Crippen molar-refractivity contribution in [1.82, 2.24) is 15.3 Å². The van der Waals surface area contributed by atoms with Gasteiger partial charge < -0.3 is 15.0 Å². The van der Waals surface area contributed by atoms with Crippen LogP contribution in [-0.4, -0.2) is 22.9 Å². The number of aromatic amines is 1. The first-order chi connectivity index (χ1) is 9.51. The largest absolute Gasteiger partial charge is 0.573 e. The highest BCUT2D eigenvalue weighted by Crippen LogP contribution is 2.27. The van der Waals surface area contributed by atoms with Crippen LogP contribution in [0.4, 0.5) is 13.2 Å². The highest BCUT2D eigenvalue weighted by Gasteiger charge is 2.31. The van der Waals surface area contributed by atoms with Crippen molar-refractivity contribution in [3.8, 4) is 17.1 Å². The summed E-state index contributed by atoms with van der Waals surface area (Å²) in [4.78, 5) is 7.56. The third kappa shape index (κ3) is 2.77. The van der Waals surface area contributed by atoms with Gasteiger partial charge in [0.2, 0.25) is 0 Å². The van der Waals surface area contributed by atoms with Gasteiger partial charge in [-0.05, 0) is 12.1 Å². The molecule has 1 aromatic heterocycles. The topological polar surface area (TPSA) is 49.9 Å². The molecule has 1 aliphatic rings. The minimum atomic E-state index is -4.69. The van der Waals surface area contributed by atoms with E-state index in [1.165, 1.54) is 18.2 Å². The number of H-pyrrole nitrogens is 1. The zero-order valence-electron chi connectivity index (χ0n) is 10.4. The molecular formula is C13H12F3N3O. The van der Waals surface area contributed by atoms with Crippen molar-refractivity contribution in [3.63, 3.8) is 0 Å². The normalized spacial score (nSPS) is 14.9. The smallest absolute Gasteiger partial charge is 0.406 e. The number of imidazole rings is 1. The van der Waals surface area contributed by atoms with E-state index in [1.54, 1.807) is 6.07 Å². The number of aromatic nitrogens is 2. The minimum absolute atomic E-state index is 0.248. The summed E-state index contributed by atoms with van der Waals surface area (Å²) >= 11 is 0. The van der Waals surface area contributed by atoms with E-state index in [0.29, 0.717) is 17.9 Å². The molecule has 0 atom stereocenters. The molecule has 0 spiro atoms. The van der Waals surface area contributed by atoms with Gasteiger partial charge in [0, 0.05) is 25.1 Å². The average molecular weight is 283 g/mol. The fourth-order valence-electron chi connectivity index (χ4n) is 2.20. The summed E-state index contributed by atoms with van der Waals surface area (Å²) in [7, 11) is 0. The standard InChI is InChI=1S/C13H12F3N3O/c14-13(15,16)20-9-3-1-2-8(6-9)12-18-10-4-5-17-7-11(10)19-12/h1-3,6,17H,4-5,7H2,(H,18,19). The van der Waals surface area contributed by atoms with Gasteiger partial charge in [-0.2, -0.15) is 0 Å². The molecule has 1 aromatic carbocycles. The highest BCUT2D eigenvalue weighted by molar-refractivity contribution is 5.58. The summed E-state index contributed by atoms with van der Waals surface area (Å²) in [6, 6.07) is 5.80. The van der Waals surface area contributed by atoms with Gasteiger partial charge in [-0.15, -0.1) is 13.2 Å². The second-order valence-electron chi connectivity index (χ2n) is 4.51. The van der Waals surface area contributed by atoms with Gasteiger partial charge in [-0.1, -0.05) is 12.1 Å². The van der Waals surface area contributed by atoms with Crippen LogP contribution in [0, 0.1) is 0 Å². The van der Waals surface area contributed by atoms with E-state index in [2.05, 4.69) is 20.0 Å². The maximum atomic E-state index is 12.2. The quantitative estimate of drug-likeness (QED) is 0.890. The second-order valence-corrected chi connectivity index (χ2v) is 4.51. The van der Waals surface area contributed by atoms with Crippen molar-refractivity contribution in [2.75, 3.05) is 6.54 Å². The molecular weight excluding hydrogens is 271 g/mol. The van der Waals surface area contributed by atoms with Crippen molar-refractivity contribution >= 4 is 0 Å². The lowest BCUT2D eigenvalue weighted by Gasteiger charge is -2.09. The van der Waals surface area contributed by atoms with Crippen LogP contribution < -0.4 is 10.1 Å². The Bertz CT molecular complexity index is 598. The van der Waals surface area contributed by atoms with Crippen molar-refractivity contribution in [2.45, 2.75) is 19.3 Å². The van der Waals surface area contributed by atoms with Gasteiger partial charge in [0.15, 0.2) is 0 Å². The van der Waals surface area contributed by atoms with Gasteiger partial charge in [-0.3, -0.25) is 0 Å². The van der Waals surface area contributed by atoms with Gasteiger partial charge in [0.1, 0.15) is 11.6 Å². The maximum absolute atomic E-state index is 12.2. The van der Waals surface area contributed by atoms with Crippen LogP contribution >= 0.6 is 0 Å². The molecule has 4 nitrogen and oxygen atoms in total. The first-order valence-corrected chi connectivity index (χ1v) is 6.16. The fraction of sp³-hybridized carbons (Fsp3) is 0.308. The third-order valence-corrected chi connectivity index (χ3v) is 3.05. The summed E-state index contributed by atoms with van der Waals surface area (Å²) in [5.74, 6) is 0.314. The molecule has 3 rings (SSSR count). The number of hydrogen-bond donors (Lipinski definition) is 2. The first kappa shape index (κ1) is 13.0. The van der Waals surface area contributed by atoms with Crippen LogP contribution in [0.3, 0.4) is 0 Å². The Morgan fingerprint density at radius 3 is 2.85 bits per heavy atom. The van der Waals surface area contributed by atoms with Crippen LogP contribution in [0.2, 0.25) is 0 Å². The number of nitrogens with zero attached hydrogens (tertiary/aromatic N) is 1. The molecule has 0 saturated carbocycles. The molecule has 20 heavy (non-hydrogen) atoms. The van der Waals surface area contributed by atoms with Crippen molar-refractivity contribution < 1.29 is 17.9 Å². The molecule has 2 N–H and O–H groups in total. The van der Waals surface area contributed by atoms with Gasteiger partial charge in [0.05, 0.1) is 11.4 Å². The van der Waals surface area contributed by atoms with Crippen molar-refractivity contribution in [1.29, 1.82) is 0 Å². The summed E-state index contributed by atoms with van der Waals surface area (Å²) < 4.78 is 40.5. The van der Waals surface area contributed by atoms with Crippen molar-refractivity contribution in [3.05, 3.63) is 35.7 Å². The van der Waals surface area contributed by atoms with E-state index in [9.17, 15) is 13.2 Å². The van der Waals surface area contributed by atoms with Gasteiger partial charge in [-0.25, -0.2) is 4.98 Å². The number of hydrogen-bond acceptors (Lipinski definition) is 3. The number of fused-ring (bicyclic) bond motifs is 1. The average Bonchev–Trinajstić information content (AvgIpc) is 2.80. The van der Waals surface area contributed by atoms with E-state index in [4.69, 9.17) is 0 Å². The zero-order chi connectivity index (χ0) is 14.2. The Balaban J connectivity index is 1.90. The monoisotopic (exact) mass is 283 g/mol. The molecule has 0 bridgehead atoms. The highest BCUT2D eigenvalue weighted by atomic mass is 19.4. The summed E-state index contributed by atoms with van der Waals surface area (Å²) in [6.07, 6.45) is -3.88. The lowest BCUT2D eigenvalue weighted by Crippen LogP contribution is -2.23. The van der Waals surface area contributed by atoms with Crippen LogP contribution in [0.1, 0.15) is 11.4 Å². The number of nitrogens with one attached hydrogen (secondary N) is 2. The maximum Gasteiger partial charge on any atom is 0.573 e. The number of halogens is 3. The van der Waals surface area contributed by atoms with Crippen LogP contribution in [0.5, 0.6) is 5.75 Å². The molecule has 0 radical (unpaired) electrons. The van der Waals surface area contributed by atoms with Crippen LogP contribution in [0.15, 0.2) is 24.3 Å². The first-order valence-electron chi connectivity index (χ1n) is 6.16. The number of benzene rings is 1. The minimum Gasteiger partial charge on any atom is -0.406 e. The summed E-state index contributed by atoms with van der Waals surface area (Å²) in [5, 5.41) is 3.20. The van der Waals surface area contributed by atoms with E-state index in [0.717, 1.165) is 24.4 Å². The molecule has 0 unspecified atom stereocenters. The van der Waals surface area contributed by atoms with Crippen molar-refractivity contribution in [2.24, 2.45) is 0 Å². The predicted octanol–water partition coefficient (Wildman–Crippen LogP) is 2.62. The third-order valence-electron chi connectivity index (χ3n) is 3.05. The SMILES string of the molecule is FC(F)(F)Oc1cccc(-c2nc3c([nH]2)CNCC3)c1. The molecule has 106 valence electrons. The Morgan fingerprint density at radius 2 is 2.10 bits per heavy atom. The molecule has 0 fully saturated rings. The Kier molecular flexibility index (Phi) is 3.13. The molecule has 2 aromatic rings. The molecule has 1 aliphatic heterocycles. The Morgan fingerprint density at radius 1 is 1.25 bits per heavy atom. The number of ether oxygens (including phenoxy) is 1. The lowest BCUT2D eigenvalue weighted by molar-refractivity contribution is -0.274. The molecule has 0 saturated heterocycles. The molecule has 2 heterocycles. The van der Waals surface area contributed by atoms with Gasteiger partial charge >= 0.3 is 6.36 Å². The van der Waals surface area contributed by atoms with Crippen LogP contribution in [0.25, 0.3) is 11.4 Å². The summed E-state index contributed by atoms with van der Waals surface area (Å²) in [6.45, 7) is 1.55. The second kappa shape index (κ2) is 4.82. The summed E-state index contributed by atoms with van der Waals surface area (Å²) in [5.41, 5.74) is 2.51. The number of rotatable bonds is 2. The van der Waals surface area contributed by atoms with E-state index in [-0.39, 0.29) is 5.75 Å². The van der Waals surface area contributed by atoms with E-state index < -0.39 is 6.36 Å². The van der Waals surface area contributed by atoms with Gasteiger partial charge in [0.25, 0.3) is 0 Å². The van der Waals surface area contributed by atoms with Crippen LogP contribution in [-0.2, 0) is 13.0 Å². The Labute approximate surface area is 113 Å². The number of alkyl halides is 3. The lowest BCUT2D eigenvalue weighted by atomic mass is 10.2. The zero-order valence-corrected chi connectivity index (χ0v) is 10.4. The molecule has 7 heteroatoms. The predicted molar refractivity (Wildman–Crippen MR) is 66.1 cm³/mol.